The molecule has 0 fully saturated rings. The number of ether oxygens (including phenoxy) is 3. The fraction of sp³-hybridized carbons (Fsp3) is 0.583. The highest BCUT2D eigenvalue weighted by atomic mass is 16.7. The van der Waals surface area contributed by atoms with Gasteiger partial charge in [-0.25, -0.2) is 9.79 Å². The number of rotatable bonds is 11. The molecule has 14 nitrogen and oxygen atoms in total. The van der Waals surface area contributed by atoms with Crippen LogP contribution in [0.1, 0.15) is 27.2 Å². The van der Waals surface area contributed by atoms with Crippen LogP contribution in [0.2, 0.25) is 0 Å². The summed E-state index contributed by atoms with van der Waals surface area (Å²) in [5.74, 6) is -4.08. The lowest BCUT2D eigenvalue weighted by atomic mass is 9.92. The van der Waals surface area contributed by atoms with Crippen LogP contribution < -0.4 is 22.5 Å². The Morgan fingerprint density at radius 1 is 1.21 bits per heavy atom. The minimum Gasteiger partial charge on any atom is -0.478 e. The van der Waals surface area contributed by atoms with Crippen LogP contribution in [0.25, 0.3) is 0 Å². The van der Waals surface area contributed by atoms with Gasteiger partial charge in [-0.1, -0.05) is 38.2 Å². The number of guanidine groups is 1. The number of hydrogen-bond acceptors (Lipinski definition) is 11. The van der Waals surface area contributed by atoms with Crippen LogP contribution in [0.3, 0.4) is 0 Å². The maximum absolute atomic E-state index is 13.2. The first-order valence-electron chi connectivity index (χ1n) is 12.1. The average molecular weight is 540 g/mol. The van der Waals surface area contributed by atoms with Crippen LogP contribution in [0.15, 0.2) is 41.1 Å². The predicted molar refractivity (Wildman–Crippen MR) is 134 cm³/mol. The SMILES string of the molecule is CC(=O)N[C@H]1[C@H]([C@@H](O)[C@H](O)CO)OC(C(=O)OC(OC(=O)[C@@H](N)C(C)C)C2C=CC=CC2)=C[C@@H]1N=C(N)N. The third-order valence-corrected chi connectivity index (χ3v) is 5.90. The number of aliphatic hydroxyl groups is 3. The second kappa shape index (κ2) is 13.9. The Hall–Kier alpha value is -3.46. The van der Waals surface area contributed by atoms with E-state index >= 15 is 0 Å². The monoisotopic (exact) mass is 539 g/mol. The van der Waals surface area contributed by atoms with Gasteiger partial charge >= 0.3 is 11.9 Å². The Morgan fingerprint density at radius 2 is 1.89 bits per heavy atom. The molecule has 1 aliphatic heterocycles. The Morgan fingerprint density at radius 3 is 2.42 bits per heavy atom. The minimum atomic E-state index is -1.78. The molecule has 2 aliphatic rings. The maximum atomic E-state index is 13.2. The van der Waals surface area contributed by atoms with E-state index in [2.05, 4.69) is 10.3 Å². The molecule has 0 aromatic carbocycles. The molecule has 0 aromatic heterocycles. The molecule has 0 radical (unpaired) electrons. The fourth-order valence-electron chi connectivity index (χ4n) is 3.76. The van der Waals surface area contributed by atoms with Crippen molar-refractivity contribution < 1.29 is 43.9 Å². The summed E-state index contributed by atoms with van der Waals surface area (Å²) in [6, 6.07) is -3.25. The van der Waals surface area contributed by atoms with Gasteiger partial charge in [0.05, 0.1) is 24.6 Å². The van der Waals surface area contributed by atoms with Gasteiger partial charge in [-0.05, 0) is 18.4 Å². The van der Waals surface area contributed by atoms with Gasteiger partial charge in [0.15, 0.2) is 5.96 Å². The highest BCUT2D eigenvalue weighted by Crippen LogP contribution is 2.27. The smallest absolute Gasteiger partial charge is 0.376 e. The number of nitrogens with zero attached hydrogens (tertiary/aromatic N) is 1. The first kappa shape index (κ1) is 30.8. The summed E-state index contributed by atoms with van der Waals surface area (Å²) < 4.78 is 16.6. The van der Waals surface area contributed by atoms with E-state index in [9.17, 15) is 29.7 Å². The summed E-state index contributed by atoms with van der Waals surface area (Å²) in [6.45, 7) is 3.82. The zero-order chi connectivity index (χ0) is 28.6. The lowest BCUT2D eigenvalue weighted by molar-refractivity contribution is -0.197. The molecule has 2 unspecified atom stereocenters. The summed E-state index contributed by atoms with van der Waals surface area (Å²) in [5.41, 5.74) is 16.9. The standard InChI is InChI=1S/C24H37N5O9/c1-11(2)17(25)22(35)38-23(13-7-5-4-6-8-13)37-21(34)16-9-14(29-24(26)27)18(28-12(3)31)20(36-16)19(33)15(32)10-30/h4-7,9,11,13-15,17-20,23,30,32-33H,8,10,25H2,1-3H3,(H,28,31)(H4,26,27,29)/t13?,14-,15+,17-,18+,19-,20+,23?/m0/s1. The van der Waals surface area contributed by atoms with Crippen molar-refractivity contribution in [2.24, 2.45) is 34.0 Å². The molecule has 38 heavy (non-hydrogen) atoms. The van der Waals surface area contributed by atoms with Crippen molar-refractivity contribution in [2.45, 2.75) is 69.9 Å². The summed E-state index contributed by atoms with van der Waals surface area (Å²) in [4.78, 5) is 41.6. The molecular weight excluding hydrogens is 502 g/mol. The first-order chi connectivity index (χ1) is 17.8. The third kappa shape index (κ3) is 8.28. The number of nitrogens with two attached hydrogens (primary N) is 3. The second-order valence-electron chi connectivity index (χ2n) is 9.32. The van der Waals surface area contributed by atoms with E-state index < -0.39 is 84.8 Å². The molecule has 10 N–H and O–H groups in total. The Labute approximate surface area is 220 Å². The van der Waals surface area contributed by atoms with Crippen molar-refractivity contribution in [3.05, 3.63) is 36.1 Å². The van der Waals surface area contributed by atoms with E-state index in [0.717, 1.165) is 6.08 Å². The minimum absolute atomic E-state index is 0.240. The molecule has 0 bridgehead atoms. The fourth-order valence-corrected chi connectivity index (χ4v) is 3.76. The summed E-state index contributed by atoms with van der Waals surface area (Å²) in [5, 5.41) is 32.5. The number of amides is 1. The zero-order valence-electron chi connectivity index (χ0n) is 21.5. The lowest BCUT2D eigenvalue weighted by Crippen LogP contribution is -2.60. The second-order valence-corrected chi connectivity index (χ2v) is 9.32. The van der Waals surface area contributed by atoms with Crippen LogP contribution >= 0.6 is 0 Å². The van der Waals surface area contributed by atoms with Crippen LogP contribution in [-0.4, -0.2) is 88.5 Å². The molecule has 2 rings (SSSR count). The van der Waals surface area contributed by atoms with E-state index in [1.807, 2.05) is 0 Å². The first-order valence-corrected chi connectivity index (χ1v) is 12.1. The Kier molecular flexibility index (Phi) is 11.3. The Balaban J connectivity index is 2.41. The quantitative estimate of drug-likeness (QED) is 0.0632. The van der Waals surface area contributed by atoms with Gasteiger partial charge < -0.3 is 52.0 Å². The van der Waals surface area contributed by atoms with Crippen molar-refractivity contribution in [3.63, 3.8) is 0 Å². The van der Waals surface area contributed by atoms with Crippen molar-refractivity contribution in [1.82, 2.24) is 5.32 Å². The van der Waals surface area contributed by atoms with E-state index in [-0.39, 0.29) is 5.92 Å². The number of hydrogen-bond donors (Lipinski definition) is 7. The van der Waals surface area contributed by atoms with E-state index in [0.29, 0.717) is 6.42 Å². The number of nitrogens with one attached hydrogen (secondary N) is 1. The summed E-state index contributed by atoms with van der Waals surface area (Å²) in [7, 11) is 0. The molecule has 0 saturated carbocycles. The molecule has 1 aliphatic carbocycles. The van der Waals surface area contributed by atoms with Crippen molar-refractivity contribution in [2.75, 3.05) is 6.61 Å². The number of esters is 2. The average Bonchev–Trinajstić information content (AvgIpc) is 2.87. The maximum Gasteiger partial charge on any atom is 0.376 e. The molecular formula is C24H37N5O9. The van der Waals surface area contributed by atoms with Gasteiger partial charge in [0.25, 0.3) is 6.29 Å². The molecule has 14 heteroatoms. The Bertz CT molecular complexity index is 976. The van der Waals surface area contributed by atoms with Crippen LogP contribution in [0.4, 0.5) is 0 Å². The normalized spacial score (nSPS) is 25.7. The summed E-state index contributed by atoms with van der Waals surface area (Å²) in [6.07, 6.45) is 2.18. The van der Waals surface area contributed by atoms with Gasteiger partial charge in [-0.3, -0.25) is 9.59 Å². The number of allylic oxidation sites excluding steroid dienone is 3. The van der Waals surface area contributed by atoms with Gasteiger partial charge in [-0.15, -0.1) is 0 Å². The number of aliphatic imine (C=N–C) groups is 1. The van der Waals surface area contributed by atoms with E-state index in [4.69, 9.17) is 31.4 Å². The van der Waals surface area contributed by atoms with Crippen molar-refractivity contribution in [1.29, 1.82) is 0 Å². The zero-order valence-corrected chi connectivity index (χ0v) is 21.5. The highest BCUT2D eigenvalue weighted by Gasteiger charge is 2.44. The summed E-state index contributed by atoms with van der Waals surface area (Å²) >= 11 is 0. The molecule has 0 saturated heterocycles. The van der Waals surface area contributed by atoms with Crippen LogP contribution in [0, 0.1) is 11.8 Å². The molecule has 212 valence electrons. The van der Waals surface area contributed by atoms with Crippen LogP contribution in [0.5, 0.6) is 0 Å². The van der Waals surface area contributed by atoms with Gasteiger partial charge in [0.2, 0.25) is 11.7 Å². The molecule has 0 aromatic rings. The highest BCUT2D eigenvalue weighted by molar-refractivity contribution is 5.87. The molecule has 1 amide bonds. The molecule has 1 heterocycles. The van der Waals surface area contributed by atoms with Crippen molar-refractivity contribution >= 4 is 23.8 Å². The number of carbonyl (C=O) groups is 3. The van der Waals surface area contributed by atoms with E-state index in [1.54, 1.807) is 38.2 Å². The number of aliphatic hydroxyl groups excluding tert-OH is 3. The topological polar surface area (TPSA) is 242 Å². The van der Waals surface area contributed by atoms with E-state index in [1.165, 1.54) is 6.92 Å². The molecule has 0 spiro atoms. The van der Waals surface area contributed by atoms with Crippen molar-refractivity contribution in [3.8, 4) is 0 Å². The van der Waals surface area contributed by atoms with Gasteiger partial charge in [0, 0.05) is 6.92 Å². The lowest BCUT2D eigenvalue weighted by Gasteiger charge is -2.39. The van der Waals surface area contributed by atoms with Gasteiger partial charge in [-0.2, -0.15) is 0 Å². The number of carbonyl (C=O) groups excluding carboxylic acids is 3. The molecule has 8 atom stereocenters. The third-order valence-electron chi connectivity index (χ3n) is 5.90. The van der Waals surface area contributed by atoms with Crippen LogP contribution in [-0.2, 0) is 28.6 Å². The van der Waals surface area contributed by atoms with Gasteiger partial charge in [0.1, 0.15) is 24.4 Å². The predicted octanol–water partition coefficient (Wildman–Crippen LogP) is -2.34. The largest absolute Gasteiger partial charge is 0.478 e.